The summed E-state index contributed by atoms with van der Waals surface area (Å²) in [7, 11) is 0. The molecule has 0 spiro atoms. The van der Waals surface area contributed by atoms with Gasteiger partial charge in [0, 0.05) is 6.04 Å². The summed E-state index contributed by atoms with van der Waals surface area (Å²) in [5.74, 6) is 0. The Balaban J connectivity index is 2.00. The summed E-state index contributed by atoms with van der Waals surface area (Å²) in [5.41, 5.74) is 0. The fraction of sp³-hybridized carbons (Fsp3) is 1.00. The molecule has 0 aromatic rings. The van der Waals surface area contributed by atoms with E-state index in [1.54, 1.807) is 0 Å². The fourth-order valence-corrected chi connectivity index (χ4v) is 2.77. The van der Waals surface area contributed by atoms with Gasteiger partial charge < -0.3 is 10.2 Å². The Labute approximate surface area is 108 Å². The van der Waals surface area contributed by atoms with Gasteiger partial charge in [-0.1, -0.05) is 32.6 Å². The molecule has 0 amide bonds. The van der Waals surface area contributed by atoms with Crippen molar-refractivity contribution in [2.75, 3.05) is 26.2 Å². The Morgan fingerprint density at radius 1 is 1.00 bits per heavy atom. The number of unbranched alkanes of at least 4 members (excludes halogenated alkanes) is 1. The first-order valence-electron chi connectivity index (χ1n) is 7.78. The quantitative estimate of drug-likeness (QED) is 0.686. The lowest BCUT2D eigenvalue weighted by Crippen LogP contribution is -2.29. The number of hydrogen-bond donors (Lipinski definition) is 1. The van der Waals surface area contributed by atoms with Crippen LogP contribution in [-0.2, 0) is 0 Å². The van der Waals surface area contributed by atoms with Crippen LogP contribution in [0.15, 0.2) is 0 Å². The average molecular weight is 240 g/mol. The Kier molecular flexibility index (Phi) is 8.72. The van der Waals surface area contributed by atoms with E-state index in [1.165, 1.54) is 71.0 Å². The van der Waals surface area contributed by atoms with Crippen molar-refractivity contribution in [2.45, 2.75) is 71.3 Å². The maximum absolute atomic E-state index is 3.49. The molecule has 17 heavy (non-hydrogen) atoms. The number of nitrogens with zero attached hydrogens (tertiary/aromatic N) is 1. The molecule has 1 saturated heterocycles. The van der Waals surface area contributed by atoms with Crippen LogP contribution in [0, 0.1) is 0 Å². The van der Waals surface area contributed by atoms with Crippen molar-refractivity contribution in [3.8, 4) is 0 Å². The zero-order chi connectivity index (χ0) is 12.3. The molecule has 2 nitrogen and oxygen atoms in total. The molecule has 0 aromatic carbocycles. The van der Waals surface area contributed by atoms with Crippen LogP contribution in [0.5, 0.6) is 0 Å². The van der Waals surface area contributed by atoms with Crippen LogP contribution in [-0.4, -0.2) is 37.1 Å². The summed E-state index contributed by atoms with van der Waals surface area (Å²) in [6.07, 6.45) is 11.3. The molecule has 0 aliphatic carbocycles. The minimum atomic E-state index is 0.701. The fourth-order valence-electron chi connectivity index (χ4n) is 2.77. The van der Waals surface area contributed by atoms with E-state index in [2.05, 4.69) is 24.1 Å². The van der Waals surface area contributed by atoms with Gasteiger partial charge in [-0.25, -0.2) is 0 Å². The van der Waals surface area contributed by atoms with Crippen LogP contribution < -0.4 is 5.32 Å². The normalized spacial score (nSPS) is 20.8. The van der Waals surface area contributed by atoms with Gasteiger partial charge >= 0.3 is 0 Å². The maximum Gasteiger partial charge on any atom is 0.00386 e. The van der Waals surface area contributed by atoms with Gasteiger partial charge in [0.05, 0.1) is 0 Å². The third-order valence-electron chi connectivity index (χ3n) is 3.86. The van der Waals surface area contributed by atoms with Crippen LogP contribution in [0.3, 0.4) is 0 Å². The van der Waals surface area contributed by atoms with Gasteiger partial charge in [-0.15, -0.1) is 0 Å². The summed E-state index contributed by atoms with van der Waals surface area (Å²) < 4.78 is 0. The highest BCUT2D eigenvalue weighted by atomic mass is 15.1. The molecule has 102 valence electrons. The molecular formula is C15H32N2. The van der Waals surface area contributed by atoms with E-state index in [4.69, 9.17) is 0 Å². The molecular weight excluding hydrogens is 208 g/mol. The van der Waals surface area contributed by atoms with Crippen LogP contribution in [0.25, 0.3) is 0 Å². The summed E-state index contributed by atoms with van der Waals surface area (Å²) in [6, 6.07) is 0.701. The van der Waals surface area contributed by atoms with Crippen molar-refractivity contribution >= 4 is 0 Å². The highest BCUT2D eigenvalue weighted by molar-refractivity contribution is 4.64. The van der Waals surface area contributed by atoms with Gasteiger partial charge in [0.1, 0.15) is 0 Å². The zero-order valence-corrected chi connectivity index (χ0v) is 12.0. The van der Waals surface area contributed by atoms with Crippen LogP contribution in [0.2, 0.25) is 0 Å². The summed E-state index contributed by atoms with van der Waals surface area (Å²) in [5, 5.41) is 3.49. The molecule has 0 aromatic heterocycles. The predicted octanol–water partition coefficient (Wildman–Crippen LogP) is 3.42. The molecule has 0 bridgehead atoms. The minimum Gasteiger partial charge on any atom is -0.315 e. The van der Waals surface area contributed by atoms with Crippen LogP contribution in [0.4, 0.5) is 0 Å². The Morgan fingerprint density at radius 2 is 1.65 bits per heavy atom. The first kappa shape index (κ1) is 15.0. The SMILES string of the molecule is CCNC(C)CCCCN1CCCCCCC1. The van der Waals surface area contributed by atoms with Gasteiger partial charge in [-0.3, -0.25) is 0 Å². The van der Waals surface area contributed by atoms with Crippen LogP contribution >= 0.6 is 0 Å². The van der Waals surface area contributed by atoms with Gasteiger partial charge in [-0.05, 0) is 58.8 Å². The molecule has 1 rings (SSSR count). The van der Waals surface area contributed by atoms with Crippen molar-refractivity contribution in [3.05, 3.63) is 0 Å². The van der Waals surface area contributed by atoms with Gasteiger partial charge in [-0.2, -0.15) is 0 Å². The molecule has 1 heterocycles. The van der Waals surface area contributed by atoms with E-state index < -0.39 is 0 Å². The predicted molar refractivity (Wildman–Crippen MR) is 76.5 cm³/mol. The monoisotopic (exact) mass is 240 g/mol. The average Bonchev–Trinajstić information content (AvgIpc) is 2.26. The van der Waals surface area contributed by atoms with Crippen molar-refractivity contribution in [1.29, 1.82) is 0 Å². The first-order valence-corrected chi connectivity index (χ1v) is 7.78. The number of nitrogens with one attached hydrogen (secondary N) is 1. The zero-order valence-electron chi connectivity index (χ0n) is 12.0. The van der Waals surface area contributed by atoms with E-state index in [-0.39, 0.29) is 0 Å². The molecule has 1 unspecified atom stereocenters. The topological polar surface area (TPSA) is 15.3 Å². The van der Waals surface area contributed by atoms with E-state index >= 15 is 0 Å². The summed E-state index contributed by atoms with van der Waals surface area (Å²) in [4.78, 5) is 2.69. The molecule has 1 atom stereocenters. The first-order chi connectivity index (χ1) is 8.33. The Bertz CT molecular complexity index is 162. The van der Waals surface area contributed by atoms with Gasteiger partial charge in [0.15, 0.2) is 0 Å². The van der Waals surface area contributed by atoms with Crippen LogP contribution in [0.1, 0.15) is 65.2 Å². The maximum atomic E-state index is 3.49. The Hall–Kier alpha value is -0.0800. The molecule has 0 saturated carbocycles. The highest BCUT2D eigenvalue weighted by Gasteiger charge is 2.07. The second-order valence-corrected chi connectivity index (χ2v) is 5.56. The van der Waals surface area contributed by atoms with Crippen molar-refractivity contribution < 1.29 is 0 Å². The molecule has 0 radical (unpaired) electrons. The van der Waals surface area contributed by atoms with Crippen molar-refractivity contribution in [3.63, 3.8) is 0 Å². The van der Waals surface area contributed by atoms with Crippen molar-refractivity contribution in [2.24, 2.45) is 0 Å². The lowest BCUT2D eigenvalue weighted by atomic mass is 10.1. The summed E-state index contributed by atoms with van der Waals surface area (Å²) in [6.45, 7) is 9.63. The minimum absolute atomic E-state index is 0.701. The number of likely N-dealkylation sites (tertiary alicyclic amines) is 1. The second-order valence-electron chi connectivity index (χ2n) is 5.56. The second kappa shape index (κ2) is 9.90. The van der Waals surface area contributed by atoms with Gasteiger partial charge in [0.2, 0.25) is 0 Å². The van der Waals surface area contributed by atoms with E-state index in [0.717, 1.165) is 6.54 Å². The lowest BCUT2D eigenvalue weighted by molar-refractivity contribution is 0.241. The molecule has 1 fully saturated rings. The number of rotatable bonds is 7. The molecule has 1 N–H and O–H groups in total. The van der Waals surface area contributed by atoms with Crippen molar-refractivity contribution in [1.82, 2.24) is 10.2 Å². The number of hydrogen-bond acceptors (Lipinski definition) is 2. The summed E-state index contributed by atoms with van der Waals surface area (Å²) >= 11 is 0. The van der Waals surface area contributed by atoms with E-state index in [9.17, 15) is 0 Å². The molecule has 2 heteroatoms. The lowest BCUT2D eigenvalue weighted by Gasteiger charge is -2.24. The standard InChI is InChI=1S/C15H32N2/c1-3-16-15(2)11-7-10-14-17-12-8-5-4-6-9-13-17/h15-16H,3-14H2,1-2H3. The highest BCUT2D eigenvalue weighted by Crippen LogP contribution is 2.11. The van der Waals surface area contributed by atoms with E-state index in [0.29, 0.717) is 6.04 Å². The smallest absolute Gasteiger partial charge is 0.00386 e. The van der Waals surface area contributed by atoms with E-state index in [1.807, 2.05) is 0 Å². The Morgan fingerprint density at radius 3 is 2.29 bits per heavy atom. The third kappa shape index (κ3) is 7.77. The molecule has 1 aliphatic heterocycles. The van der Waals surface area contributed by atoms with Gasteiger partial charge in [0.25, 0.3) is 0 Å². The third-order valence-corrected chi connectivity index (χ3v) is 3.86. The molecule has 1 aliphatic rings. The largest absolute Gasteiger partial charge is 0.315 e.